The fraction of sp³-hybridized carbons (Fsp3) is 0.462. The number of morpholine rings is 1. The first-order chi connectivity index (χ1) is 9.42. The summed E-state index contributed by atoms with van der Waals surface area (Å²) in [5.41, 5.74) is -0.233. The van der Waals surface area contributed by atoms with E-state index < -0.39 is 23.4 Å². The second-order valence-electron chi connectivity index (χ2n) is 4.69. The average Bonchev–Trinajstić information content (AvgIpc) is 2.42. The van der Waals surface area contributed by atoms with Crippen LogP contribution >= 0.6 is 11.6 Å². The van der Waals surface area contributed by atoms with Gasteiger partial charge in [0, 0.05) is 18.7 Å². The van der Waals surface area contributed by atoms with E-state index in [-0.39, 0.29) is 36.7 Å². The highest BCUT2D eigenvalue weighted by molar-refractivity contribution is 6.18. The summed E-state index contributed by atoms with van der Waals surface area (Å²) in [6.07, 6.45) is -0.564. The smallest absolute Gasteiger partial charge is 0.254 e. The van der Waals surface area contributed by atoms with Crippen molar-refractivity contribution in [2.45, 2.75) is 19.1 Å². The van der Waals surface area contributed by atoms with Crippen LogP contribution in [0.3, 0.4) is 0 Å². The standard InChI is InChI=1S/C13H13ClF3NO2/c1-7-5-18(6-9(4-14)20-7)13(19)8-2-10(15)12(17)11(16)3-8/h2-3,7,9H,4-6H2,1H3. The molecule has 0 bridgehead atoms. The minimum absolute atomic E-state index is 0.209. The predicted molar refractivity (Wildman–Crippen MR) is 67.3 cm³/mol. The third-order valence-electron chi connectivity index (χ3n) is 3.02. The van der Waals surface area contributed by atoms with Crippen molar-refractivity contribution in [2.75, 3.05) is 19.0 Å². The maximum absolute atomic E-state index is 13.2. The SMILES string of the molecule is CC1CN(C(=O)c2cc(F)c(F)c(F)c2)CC(CCl)O1. The Hall–Kier alpha value is -1.27. The minimum Gasteiger partial charge on any atom is -0.370 e. The van der Waals surface area contributed by atoms with Gasteiger partial charge in [0.15, 0.2) is 17.5 Å². The van der Waals surface area contributed by atoms with Gasteiger partial charge in [-0.3, -0.25) is 4.79 Å². The fourth-order valence-electron chi connectivity index (χ4n) is 2.16. The van der Waals surface area contributed by atoms with E-state index >= 15 is 0 Å². The zero-order chi connectivity index (χ0) is 14.9. The molecule has 1 saturated heterocycles. The third-order valence-corrected chi connectivity index (χ3v) is 3.36. The molecule has 0 aliphatic carbocycles. The van der Waals surface area contributed by atoms with Crippen molar-refractivity contribution in [3.63, 3.8) is 0 Å². The molecule has 2 unspecified atom stereocenters. The predicted octanol–water partition coefficient (Wildman–Crippen LogP) is 2.57. The Morgan fingerprint density at radius 3 is 2.50 bits per heavy atom. The first-order valence-electron chi connectivity index (χ1n) is 6.07. The number of amides is 1. The molecule has 1 aromatic carbocycles. The van der Waals surface area contributed by atoms with Gasteiger partial charge in [0.25, 0.3) is 5.91 Å². The van der Waals surface area contributed by atoms with Gasteiger partial charge in [-0.15, -0.1) is 11.6 Å². The van der Waals surface area contributed by atoms with E-state index in [4.69, 9.17) is 16.3 Å². The van der Waals surface area contributed by atoms with Gasteiger partial charge in [-0.1, -0.05) is 0 Å². The molecule has 20 heavy (non-hydrogen) atoms. The molecule has 0 radical (unpaired) electrons. The lowest BCUT2D eigenvalue weighted by Gasteiger charge is -2.36. The highest BCUT2D eigenvalue weighted by atomic mass is 35.5. The first-order valence-corrected chi connectivity index (χ1v) is 6.61. The third kappa shape index (κ3) is 3.07. The second-order valence-corrected chi connectivity index (χ2v) is 5.00. The molecular formula is C13H13ClF3NO2. The number of halogens is 4. The summed E-state index contributed by atoms with van der Waals surface area (Å²) < 4.78 is 44.7. The van der Waals surface area contributed by atoms with Gasteiger partial charge < -0.3 is 9.64 Å². The van der Waals surface area contributed by atoms with E-state index in [0.29, 0.717) is 12.1 Å². The zero-order valence-corrected chi connectivity index (χ0v) is 11.5. The number of nitrogens with zero attached hydrogens (tertiary/aromatic N) is 1. The molecule has 1 aromatic rings. The van der Waals surface area contributed by atoms with Crippen molar-refractivity contribution in [1.82, 2.24) is 4.90 Å². The molecule has 0 aromatic heterocycles. The van der Waals surface area contributed by atoms with Gasteiger partial charge in [0.1, 0.15) is 0 Å². The van der Waals surface area contributed by atoms with Crippen LogP contribution < -0.4 is 0 Å². The van der Waals surface area contributed by atoms with Gasteiger partial charge in [-0.05, 0) is 19.1 Å². The molecule has 110 valence electrons. The van der Waals surface area contributed by atoms with Crippen LogP contribution in [0.5, 0.6) is 0 Å². The van der Waals surface area contributed by atoms with Crippen molar-refractivity contribution >= 4 is 17.5 Å². The number of benzene rings is 1. The molecule has 2 atom stereocenters. The molecule has 7 heteroatoms. The molecule has 1 aliphatic rings. The monoisotopic (exact) mass is 307 g/mol. The molecule has 1 aliphatic heterocycles. The quantitative estimate of drug-likeness (QED) is 0.621. The molecule has 2 rings (SSSR count). The number of rotatable bonds is 2. The van der Waals surface area contributed by atoms with Gasteiger partial charge in [-0.2, -0.15) is 0 Å². The Balaban J connectivity index is 2.22. The Morgan fingerprint density at radius 2 is 1.95 bits per heavy atom. The van der Waals surface area contributed by atoms with Crippen molar-refractivity contribution in [2.24, 2.45) is 0 Å². The highest BCUT2D eigenvalue weighted by Crippen LogP contribution is 2.18. The van der Waals surface area contributed by atoms with Crippen LogP contribution in [0.1, 0.15) is 17.3 Å². The molecule has 0 saturated carbocycles. The largest absolute Gasteiger partial charge is 0.370 e. The molecule has 0 N–H and O–H groups in total. The van der Waals surface area contributed by atoms with Gasteiger partial charge in [0.2, 0.25) is 0 Å². The summed E-state index contributed by atoms with van der Waals surface area (Å²) in [5, 5.41) is 0. The average molecular weight is 308 g/mol. The first kappa shape index (κ1) is 15.1. The molecule has 3 nitrogen and oxygen atoms in total. The van der Waals surface area contributed by atoms with Crippen molar-refractivity contribution < 1.29 is 22.7 Å². The van der Waals surface area contributed by atoms with E-state index in [9.17, 15) is 18.0 Å². The van der Waals surface area contributed by atoms with Crippen LogP contribution in [0, 0.1) is 17.5 Å². The van der Waals surface area contributed by atoms with Gasteiger partial charge in [-0.25, -0.2) is 13.2 Å². The maximum atomic E-state index is 13.2. The van der Waals surface area contributed by atoms with Crippen LogP contribution in [0.2, 0.25) is 0 Å². The van der Waals surface area contributed by atoms with Crippen LogP contribution in [0.4, 0.5) is 13.2 Å². The Morgan fingerprint density at radius 1 is 1.35 bits per heavy atom. The summed E-state index contributed by atoms with van der Waals surface area (Å²) in [7, 11) is 0. The fourth-order valence-corrected chi connectivity index (χ4v) is 2.33. The van der Waals surface area contributed by atoms with E-state index in [2.05, 4.69) is 0 Å². The summed E-state index contributed by atoms with van der Waals surface area (Å²) in [6, 6.07) is 1.38. The molecular weight excluding hydrogens is 295 g/mol. The Kier molecular flexibility index (Phi) is 4.55. The Labute approximate surface area is 119 Å². The number of carbonyl (C=O) groups excluding carboxylic acids is 1. The minimum atomic E-state index is -1.59. The number of ether oxygens (including phenoxy) is 1. The van der Waals surface area contributed by atoms with E-state index in [1.54, 1.807) is 6.92 Å². The van der Waals surface area contributed by atoms with Crippen molar-refractivity contribution in [3.8, 4) is 0 Å². The zero-order valence-electron chi connectivity index (χ0n) is 10.7. The number of alkyl halides is 1. The van der Waals surface area contributed by atoms with Crippen LogP contribution in [0.15, 0.2) is 12.1 Å². The molecule has 1 fully saturated rings. The highest BCUT2D eigenvalue weighted by Gasteiger charge is 2.29. The van der Waals surface area contributed by atoms with Crippen molar-refractivity contribution in [3.05, 3.63) is 35.1 Å². The molecule has 1 amide bonds. The normalized spacial score (nSPS) is 22.9. The summed E-state index contributed by atoms with van der Waals surface area (Å²) in [4.78, 5) is 13.6. The van der Waals surface area contributed by atoms with Crippen LogP contribution in [-0.4, -0.2) is 42.0 Å². The number of hydrogen-bond donors (Lipinski definition) is 0. The maximum Gasteiger partial charge on any atom is 0.254 e. The van der Waals surface area contributed by atoms with Crippen LogP contribution in [-0.2, 0) is 4.74 Å². The lowest BCUT2D eigenvalue weighted by atomic mass is 10.1. The molecule has 1 heterocycles. The lowest BCUT2D eigenvalue weighted by Crippen LogP contribution is -2.49. The topological polar surface area (TPSA) is 29.5 Å². The Bertz CT molecular complexity index is 503. The lowest BCUT2D eigenvalue weighted by molar-refractivity contribution is -0.0570. The number of hydrogen-bond acceptors (Lipinski definition) is 2. The van der Waals surface area contributed by atoms with E-state index in [1.165, 1.54) is 4.90 Å². The second kappa shape index (κ2) is 6.01. The van der Waals surface area contributed by atoms with Crippen LogP contribution in [0.25, 0.3) is 0 Å². The van der Waals surface area contributed by atoms with E-state index in [1.807, 2.05) is 0 Å². The summed E-state index contributed by atoms with van der Waals surface area (Å²) in [5.74, 6) is -4.73. The number of carbonyl (C=O) groups is 1. The summed E-state index contributed by atoms with van der Waals surface area (Å²) in [6.45, 7) is 2.28. The van der Waals surface area contributed by atoms with Gasteiger partial charge >= 0.3 is 0 Å². The van der Waals surface area contributed by atoms with Gasteiger partial charge in [0.05, 0.1) is 18.1 Å². The van der Waals surface area contributed by atoms with Crippen molar-refractivity contribution in [1.29, 1.82) is 0 Å². The molecule has 0 spiro atoms. The van der Waals surface area contributed by atoms with E-state index in [0.717, 1.165) is 0 Å². The summed E-state index contributed by atoms with van der Waals surface area (Å²) >= 11 is 5.70.